The zero-order chi connectivity index (χ0) is 16.7. The molecule has 22 heavy (non-hydrogen) atoms. The van der Waals surface area contributed by atoms with Crippen molar-refractivity contribution < 1.29 is 9.47 Å². The Morgan fingerprint density at radius 1 is 1.09 bits per heavy atom. The van der Waals surface area contributed by atoms with Crippen LogP contribution in [0.15, 0.2) is 41.5 Å². The molecule has 0 spiro atoms. The van der Waals surface area contributed by atoms with E-state index in [0.717, 1.165) is 12.2 Å². The first kappa shape index (κ1) is 18.5. The van der Waals surface area contributed by atoms with Crippen LogP contribution in [0.25, 0.3) is 5.57 Å². The van der Waals surface area contributed by atoms with Crippen LogP contribution in [-0.2, 0) is 4.74 Å². The van der Waals surface area contributed by atoms with Crippen molar-refractivity contribution in [1.29, 1.82) is 0 Å². The van der Waals surface area contributed by atoms with E-state index in [0.29, 0.717) is 5.92 Å². The molecule has 2 heteroatoms. The van der Waals surface area contributed by atoms with Crippen LogP contribution in [-0.4, -0.2) is 13.4 Å². The molecule has 0 amide bonds. The Balaban J connectivity index is 2.98. The van der Waals surface area contributed by atoms with E-state index in [1.165, 1.54) is 22.3 Å². The van der Waals surface area contributed by atoms with Crippen molar-refractivity contribution in [2.75, 3.05) is 7.11 Å². The van der Waals surface area contributed by atoms with Gasteiger partial charge in [-0.1, -0.05) is 50.1 Å². The molecule has 0 bridgehead atoms. The minimum absolute atomic E-state index is 0.212. The van der Waals surface area contributed by atoms with Crippen molar-refractivity contribution in [3.8, 4) is 5.75 Å². The van der Waals surface area contributed by atoms with Crippen molar-refractivity contribution in [2.24, 2.45) is 5.92 Å². The summed E-state index contributed by atoms with van der Waals surface area (Å²) in [6.45, 7) is 12.8. The topological polar surface area (TPSA) is 18.5 Å². The molecule has 0 aliphatic rings. The van der Waals surface area contributed by atoms with Crippen LogP contribution in [0.3, 0.4) is 0 Å². The highest BCUT2D eigenvalue weighted by Gasteiger charge is 2.13. The normalized spacial score (nSPS) is 13.2. The molecule has 0 aromatic heterocycles. The fourth-order valence-corrected chi connectivity index (χ4v) is 2.17. The van der Waals surface area contributed by atoms with Gasteiger partial charge >= 0.3 is 0 Å². The van der Waals surface area contributed by atoms with Gasteiger partial charge in [0, 0.05) is 13.0 Å². The van der Waals surface area contributed by atoms with Gasteiger partial charge in [-0.15, -0.1) is 0 Å². The third-order valence-electron chi connectivity index (χ3n) is 3.68. The first-order valence-corrected chi connectivity index (χ1v) is 8.03. The largest absolute Gasteiger partial charge is 0.465 e. The molecule has 1 rings (SSSR count). The van der Waals surface area contributed by atoms with Gasteiger partial charge in [-0.25, -0.2) is 0 Å². The maximum absolute atomic E-state index is 5.87. The lowest BCUT2D eigenvalue weighted by atomic mass is 9.98. The van der Waals surface area contributed by atoms with E-state index in [2.05, 4.69) is 59.8 Å². The van der Waals surface area contributed by atoms with Crippen molar-refractivity contribution >= 4 is 5.57 Å². The summed E-state index contributed by atoms with van der Waals surface area (Å²) in [5.74, 6) is 1.15. The van der Waals surface area contributed by atoms with Crippen LogP contribution in [0.4, 0.5) is 0 Å². The molecular formula is C20H30O2. The molecule has 0 radical (unpaired) electrons. The van der Waals surface area contributed by atoms with Crippen LogP contribution < -0.4 is 4.74 Å². The molecule has 1 aromatic rings. The second-order valence-corrected chi connectivity index (χ2v) is 6.25. The Morgan fingerprint density at radius 2 is 1.68 bits per heavy atom. The minimum atomic E-state index is -0.212. The predicted octanol–water partition coefficient (Wildman–Crippen LogP) is 5.84. The van der Waals surface area contributed by atoms with E-state index in [4.69, 9.17) is 9.47 Å². The van der Waals surface area contributed by atoms with Crippen LogP contribution in [0.2, 0.25) is 0 Å². The lowest BCUT2D eigenvalue weighted by Crippen LogP contribution is -2.24. The molecule has 0 N–H and O–H groups in total. The van der Waals surface area contributed by atoms with Crippen molar-refractivity contribution in [3.63, 3.8) is 0 Å². The van der Waals surface area contributed by atoms with E-state index in [1.54, 1.807) is 7.11 Å². The fraction of sp³-hybridized carbons (Fsp3) is 0.500. The van der Waals surface area contributed by atoms with Crippen LogP contribution in [0.5, 0.6) is 5.75 Å². The third-order valence-corrected chi connectivity index (χ3v) is 3.68. The molecule has 1 aromatic carbocycles. The summed E-state index contributed by atoms with van der Waals surface area (Å²) in [5.41, 5.74) is 5.21. The third kappa shape index (κ3) is 5.34. The number of ether oxygens (including phenoxy) is 2. The number of hydrogen-bond acceptors (Lipinski definition) is 2. The number of rotatable bonds is 7. The highest BCUT2D eigenvalue weighted by Crippen LogP contribution is 2.25. The molecule has 0 aliphatic carbocycles. The summed E-state index contributed by atoms with van der Waals surface area (Å²) in [5, 5.41) is 0. The highest BCUT2D eigenvalue weighted by atomic mass is 16.7. The monoisotopic (exact) mass is 302 g/mol. The van der Waals surface area contributed by atoms with E-state index in [9.17, 15) is 0 Å². The van der Waals surface area contributed by atoms with E-state index in [1.807, 2.05) is 12.1 Å². The lowest BCUT2D eigenvalue weighted by Gasteiger charge is -2.21. The summed E-state index contributed by atoms with van der Waals surface area (Å²) in [7, 11) is 1.68. The predicted molar refractivity (Wildman–Crippen MR) is 95.0 cm³/mol. The molecule has 0 heterocycles. The summed E-state index contributed by atoms with van der Waals surface area (Å²) in [4.78, 5) is 0. The Bertz CT molecular complexity index is 517. The van der Waals surface area contributed by atoms with Gasteiger partial charge in [0.25, 0.3) is 0 Å². The maximum atomic E-state index is 5.87. The van der Waals surface area contributed by atoms with Gasteiger partial charge in [0.1, 0.15) is 5.75 Å². The van der Waals surface area contributed by atoms with Crippen molar-refractivity contribution in [2.45, 2.75) is 54.3 Å². The lowest BCUT2D eigenvalue weighted by molar-refractivity contribution is -0.0833. The van der Waals surface area contributed by atoms with Crippen LogP contribution >= 0.6 is 0 Å². The zero-order valence-electron chi connectivity index (χ0n) is 15.1. The number of benzene rings is 1. The Morgan fingerprint density at radius 3 is 2.09 bits per heavy atom. The van der Waals surface area contributed by atoms with Gasteiger partial charge in [-0.3, -0.25) is 0 Å². The van der Waals surface area contributed by atoms with Crippen molar-refractivity contribution in [3.05, 3.63) is 47.1 Å². The molecule has 1 unspecified atom stereocenters. The number of allylic oxidation sites excluding steroid dienone is 4. The molecule has 0 saturated heterocycles. The first-order valence-electron chi connectivity index (χ1n) is 8.03. The number of methoxy groups -OCH3 is 1. The Hall–Kier alpha value is -1.54. The van der Waals surface area contributed by atoms with Crippen LogP contribution in [0, 0.1) is 5.92 Å². The standard InChI is InChI=1S/C20H30O2/c1-8-16(6)13-19(14(2)3)17-9-11-18(12-10-17)22-20(21-7)15(4)5/h9-13,15,20H,8H2,1-7H3/b16-13-. The summed E-state index contributed by atoms with van der Waals surface area (Å²) in [6, 6.07) is 8.26. The van der Waals surface area contributed by atoms with Gasteiger partial charge in [0.05, 0.1) is 0 Å². The fourth-order valence-electron chi connectivity index (χ4n) is 2.17. The molecule has 0 saturated carbocycles. The molecule has 1 atom stereocenters. The Kier molecular flexibility index (Phi) is 7.40. The smallest absolute Gasteiger partial charge is 0.201 e. The van der Waals surface area contributed by atoms with Gasteiger partial charge in [0.15, 0.2) is 0 Å². The highest BCUT2D eigenvalue weighted by molar-refractivity contribution is 5.77. The molecule has 0 aliphatic heterocycles. The SMILES string of the molecule is CC/C(C)=C\C(=C(C)C)c1ccc(OC(OC)C(C)C)cc1. The van der Waals surface area contributed by atoms with Gasteiger partial charge < -0.3 is 9.47 Å². The molecule has 122 valence electrons. The maximum Gasteiger partial charge on any atom is 0.201 e. The van der Waals surface area contributed by atoms with Crippen molar-refractivity contribution in [1.82, 2.24) is 0 Å². The van der Waals surface area contributed by atoms with Gasteiger partial charge in [0.2, 0.25) is 6.29 Å². The second kappa shape index (κ2) is 8.79. The quantitative estimate of drug-likeness (QED) is 0.465. The van der Waals surface area contributed by atoms with Gasteiger partial charge in [-0.05, 0) is 50.5 Å². The first-order chi connectivity index (χ1) is 10.4. The molecule has 2 nitrogen and oxygen atoms in total. The molecule has 0 fully saturated rings. The van der Waals surface area contributed by atoms with Gasteiger partial charge in [-0.2, -0.15) is 0 Å². The van der Waals surface area contributed by atoms with E-state index < -0.39 is 0 Å². The average molecular weight is 302 g/mol. The average Bonchev–Trinajstić information content (AvgIpc) is 2.50. The summed E-state index contributed by atoms with van der Waals surface area (Å²) in [6.07, 6.45) is 3.13. The second-order valence-electron chi connectivity index (χ2n) is 6.25. The number of hydrogen-bond donors (Lipinski definition) is 0. The minimum Gasteiger partial charge on any atom is -0.465 e. The summed E-state index contributed by atoms with van der Waals surface area (Å²) >= 11 is 0. The zero-order valence-corrected chi connectivity index (χ0v) is 15.1. The summed E-state index contributed by atoms with van der Waals surface area (Å²) < 4.78 is 11.2. The van der Waals surface area contributed by atoms with Crippen LogP contribution in [0.1, 0.15) is 53.5 Å². The van der Waals surface area contributed by atoms with E-state index >= 15 is 0 Å². The van der Waals surface area contributed by atoms with E-state index in [-0.39, 0.29) is 6.29 Å². The molecular weight excluding hydrogens is 272 g/mol. The Labute approximate surface area is 135 Å².